The van der Waals surface area contributed by atoms with E-state index >= 15 is 0 Å². The summed E-state index contributed by atoms with van der Waals surface area (Å²) in [6.45, 7) is 0. The normalized spacial score (nSPS) is 13.2. The third kappa shape index (κ3) is 4.23. The van der Waals surface area contributed by atoms with Crippen LogP contribution in [0.4, 0.5) is 0 Å². The molecule has 134 valence electrons. The second-order valence-corrected chi connectivity index (χ2v) is 8.62. The van der Waals surface area contributed by atoms with E-state index in [2.05, 4.69) is 5.32 Å². The summed E-state index contributed by atoms with van der Waals surface area (Å²) >= 11 is 7.30. The van der Waals surface area contributed by atoms with Crippen molar-refractivity contribution in [3.05, 3.63) is 76.3 Å². The summed E-state index contributed by atoms with van der Waals surface area (Å²) in [4.78, 5) is 32.0. The molecule has 0 aliphatic rings. The third-order valence-corrected chi connectivity index (χ3v) is 6.15. The molecule has 0 aliphatic carbocycles. The van der Waals surface area contributed by atoms with E-state index in [0.29, 0.717) is 10.4 Å². The van der Waals surface area contributed by atoms with Crippen molar-refractivity contribution in [2.45, 2.75) is 5.66 Å². The van der Waals surface area contributed by atoms with Crippen LogP contribution in [0, 0.1) is 0 Å². The number of carbonyl (C=O) groups is 1. The monoisotopic (exact) mass is 407 g/mol. The van der Waals surface area contributed by atoms with E-state index in [1.165, 1.54) is 17.5 Å². The Labute approximate surface area is 159 Å². The van der Waals surface area contributed by atoms with E-state index in [0.717, 1.165) is 10.3 Å². The van der Waals surface area contributed by atoms with Crippen molar-refractivity contribution < 1.29 is 19.1 Å². The minimum Gasteiger partial charge on any atom is -0.332 e. The highest BCUT2D eigenvalue weighted by Gasteiger charge is 2.38. The van der Waals surface area contributed by atoms with E-state index in [-0.39, 0.29) is 5.56 Å². The fraction of sp³-hybridized carbons (Fsp3) is 0.0556. The SMILES string of the molecule is O=C(N/C=C/c1ccccc1)C(c1csc2ccc(Cl)cc12)P(=O)(O)O. The summed E-state index contributed by atoms with van der Waals surface area (Å²) < 4.78 is 12.8. The molecule has 0 fully saturated rings. The van der Waals surface area contributed by atoms with Crippen LogP contribution in [0.5, 0.6) is 0 Å². The molecule has 0 spiro atoms. The highest BCUT2D eigenvalue weighted by molar-refractivity contribution is 7.53. The van der Waals surface area contributed by atoms with Crippen molar-refractivity contribution in [3.63, 3.8) is 0 Å². The third-order valence-electron chi connectivity index (χ3n) is 3.75. The molecule has 0 aliphatic heterocycles. The zero-order valence-corrected chi connectivity index (χ0v) is 15.8. The molecule has 0 saturated carbocycles. The minimum atomic E-state index is -4.73. The van der Waals surface area contributed by atoms with Crippen LogP contribution in [0.25, 0.3) is 16.2 Å². The predicted molar refractivity (Wildman–Crippen MR) is 105 cm³/mol. The van der Waals surface area contributed by atoms with Crippen molar-refractivity contribution in [1.82, 2.24) is 5.32 Å². The Bertz CT molecular complexity index is 1010. The second-order valence-electron chi connectivity index (χ2n) is 5.58. The van der Waals surface area contributed by atoms with Crippen molar-refractivity contribution in [2.75, 3.05) is 0 Å². The number of rotatable bonds is 5. The Morgan fingerprint density at radius 1 is 1.19 bits per heavy atom. The van der Waals surface area contributed by atoms with Gasteiger partial charge in [-0.15, -0.1) is 11.3 Å². The van der Waals surface area contributed by atoms with Gasteiger partial charge in [-0.05, 0) is 46.2 Å². The molecule has 1 heterocycles. The molecular weight excluding hydrogens is 393 g/mol. The summed E-state index contributed by atoms with van der Waals surface area (Å²) in [5.74, 6) is -0.773. The summed E-state index contributed by atoms with van der Waals surface area (Å²) in [6.07, 6.45) is 3.03. The first-order valence-electron chi connectivity index (χ1n) is 7.60. The van der Waals surface area contributed by atoms with Crippen LogP contribution in [0.15, 0.2) is 60.1 Å². The molecule has 0 saturated heterocycles. The molecule has 8 heteroatoms. The average Bonchev–Trinajstić information content (AvgIpc) is 2.97. The molecule has 1 atom stereocenters. The number of carbonyl (C=O) groups excluding carboxylic acids is 1. The maximum Gasteiger partial charge on any atom is 0.342 e. The number of nitrogens with one attached hydrogen (secondary N) is 1. The van der Waals surface area contributed by atoms with Crippen molar-refractivity contribution >= 4 is 52.6 Å². The fourth-order valence-corrected chi connectivity index (χ4v) is 4.77. The summed E-state index contributed by atoms with van der Waals surface area (Å²) in [5, 5.41) is 5.06. The molecule has 1 aromatic heterocycles. The lowest BCUT2D eigenvalue weighted by atomic mass is 10.1. The topological polar surface area (TPSA) is 86.6 Å². The molecule has 0 bridgehead atoms. The Hall–Kier alpha value is -1.95. The van der Waals surface area contributed by atoms with Gasteiger partial charge in [0.2, 0.25) is 5.91 Å². The molecule has 0 radical (unpaired) electrons. The molecule has 3 N–H and O–H groups in total. The van der Waals surface area contributed by atoms with E-state index in [1.54, 1.807) is 29.7 Å². The lowest BCUT2D eigenvalue weighted by molar-refractivity contribution is -0.120. The number of halogens is 1. The first kappa shape index (κ1) is 18.8. The van der Waals surface area contributed by atoms with Gasteiger partial charge in [-0.1, -0.05) is 41.9 Å². The number of benzene rings is 2. The molecule has 5 nitrogen and oxygen atoms in total. The number of hydrogen-bond donors (Lipinski definition) is 3. The van der Waals surface area contributed by atoms with Gasteiger partial charge in [0.05, 0.1) is 0 Å². The van der Waals surface area contributed by atoms with Gasteiger partial charge < -0.3 is 15.1 Å². The highest BCUT2D eigenvalue weighted by Crippen LogP contribution is 2.54. The average molecular weight is 408 g/mol. The van der Waals surface area contributed by atoms with Gasteiger partial charge in [-0.3, -0.25) is 9.36 Å². The Kier molecular flexibility index (Phi) is 5.61. The van der Waals surface area contributed by atoms with Gasteiger partial charge in [0.15, 0.2) is 5.66 Å². The van der Waals surface area contributed by atoms with Gasteiger partial charge in [0.25, 0.3) is 0 Å². The van der Waals surface area contributed by atoms with E-state index in [1.807, 2.05) is 30.3 Å². The smallest absolute Gasteiger partial charge is 0.332 e. The fourth-order valence-electron chi connectivity index (χ4n) is 2.57. The molecule has 2 aromatic carbocycles. The first-order valence-corrected chi connectivity index (χ1v) is 10.5. The van der Waals surface area contributed by atoms with Gasteiger partial charge in [-0.25, -0.2) is 0 Å². The molecule has 1 amide bonds. The molecule has 3 aromatic rings. The maximum absolute atomic E-state index is 12.5. The Balaban J connectivity index is 1.91. The van der Waals surface area contributed by atoms with Crippen LogP contribution < -0.4 is 5.32 Å². The molecule has 3 rings (SSSR count). The van der Waals surface area contributed by atoms with Crippen molar-refractivity contribution in [2.24, 2.45) is 0 Å². The van der Waals surface area contributed by atoms with E-state index < -0.39 is 19.2 Å². The van der Waals surface area contributed by atoms with Crippen molar-refractivity contribution in [1.29, 1.82) is 0 Å². The van der Waals surface area contributed by atoms with Crippen LogP contribution in [-0.2, 0) is 9.36 Å². The maximum atomic E-state index is 12.5. The second kappa shape index (κ2) is 7.74. The van der Waals surface area contributed by atoms with E-state index in [9.17, 15) is 19.1 Å². The van der Waals surface area contributed by atoms with E-state index in [4.69, 9.17) is 11.6 Å². The lowest BCUT2D eigenvalue weighted by Crippen LogP contribution is -2.25. The number of fused-ring (bicyclic) bond motifs is 1. The lowest BCUT2D eigenvalue weighted by Gasteiger charge is -2.16. The summed E-state index contributed by atoms with van der Waals surface area (Å²) in [5.41, 5.74) is -0.477. The number of thiophene rings is 1. The van der Waals surface area contributed by atoms with Gasteiger partial charge in [-0.2, -0.15) is 0 Å². The number of amides is 1. The summed E-state index contributed by atoms with van der Waals surface area (Å²) in [7, 11) is -4.73. The predicted octanol–water partition coefficient (Wildman–Crippen LogP) is 4.56. The highest BCUT2D eigenvalue weighted by atomic mass is 35.5. The van der Waals surface area contributed by atoms with Crippen LogP contribution in [-0.4, -0.2) is 15.7 Å². The van der Waals surface area contributed by atoms with Crippen LogP contribution >= 0.6 is 30.5 Å². The quantitative estimate of drug-likeness (QED) is 0.541. The molecular formula is C18H15ClNO4PS. The molecule has 1 unspecified atom stereocenters. The van der Waals surface area contributed by atoms with Gasteiger partial charge in [0, 0.05) is 15.9 Å². The summed E-state index contributed by atoms with van der Waals surface area (Å²) in [6, 6.07) is 14.3. The largest absolute Gasteiger partial charge is 0.342 e. The van der Waals surface area contributed by atoms with Crippen molar-refractivity contribution in [3.8, 4) is 0 Å². The minimum absolute atomic E-state index is 0.270. The Morgan fingerprint density at radius 2 is 1.92 bits per heavy atom. The molecule has 26 heavy (non-hydrogen) atoms. The van der Waals surface area contributed by atoms with Gasteiger partial charge >= 0.3 is 7.60 Å². The Morgan fingerprint density at radius 3 is 2.62 bits per heavy atom. The standard InChI is InChI=1S/C18H15ClNO4PS/c19-13-6-7-16-14(10-13)15(11-26-16)17(25(22,23)24)18(21)20-9-8-12-4-2-1-3-5-12/h1-11,17H,(H,20,21)(H2,22,23,24)/b9-8+. The van der Waals surface area contributed by atoms with Gasteiger partial charge in [0.1, 0.15) is 0 Å². The zero-order valence-electron chi connectivity index (χ0n) is 13.4. The number of hydrogen-bond acceptors (Lipinski definition) is 3. The van der Waals surface area contributed by atoms with Crippen LogP contribution in [0.3, 0.4) is 0 Å². The first-order chi connectivity index (χ1) is 12.4. The zero-order chi connectivity index (χ0) is 18.7. The van der Waals surface area contributed by atoms with Crippen LogP contribution in [0.2, 0.25) is 5.02 Å². The van der Waals surface area contributed by atoms with Crippen LogP contribution in [0.1, 0.15) is 16.8 Å².